The van der Waals surface area contributed by atoms with Crippen LogP contribution in [0.1, 0.15) is 23.7 Å². The molecule has 3 aromatic heterocycles. The third-order valence-electron chi connectivity index (χ3n) is 2.66. The van der Waals surface area contributed by atoms with Gasteiger partial charge in [-0.1, -0.05) is 0 Å². The molecule has 0 fully saturated rings. The highest BCUT2D eigenvalue weighted by Gasteiger charge is 2.13. The summed E-state index contributed by atoms with van der Waals surface area (Å²) in [6.07, 6.45) is 3.38. The predicted octanol–water partition coefficient (Wildman–Crippen LogP) is 2.65. The summed E-state index contributed by atoms with van der Waals surface area (Å²) in [5.74, 6) is 0.755. The molecule has 1 N–H and O–H groups in total. The molecular formula is C12H12ClN7S. The van der Waals surface area contributed by atoms with Crippen LogP contribution in [0.15, 0.2) is 23.8 Å². The number of thiazole rings is 1. The molecule has 0 bridgehead atoms. The normalized spacial score (nSPS) is 12.3. The molecule has 108 valence electrons. The second-order valence-electron chi connectivity index (χ2n) is 4.37. The molecule has 7 nitrogen and oxygen atoms in total. The number of hydrogen-bond acceptors (Lipinski definition) is 7. The zero-order chi connectivity index (χ0) is 14.8. The molecule has 1 atom stereocenters. The van der Waals surface area contributed by atoms with Crippen LogP contribution in [-0.4, -0.2) is 29.7 Å². The van der Waals surface area contributed by atoms with Crippen molar-refractivity contribution in [1.82, 2.24) is 29.7 Å². The standard InChI is InChI=1S/C12H12ClN7S/c1-7-6-21-9(15-7)8(2)16-11-17-10(13)18-12(19-11)20-5-3-4-14-20/h3-6,8H,1-2H3,(H,16,17,18,19). The molecule has 3 heterocycles. The summed E-state index contributed by atoms with van der Waals surface area (Å²) >= 11 is 7.53. The largest absolute Gasteiger partial charge is 0.345 e. The Kier molecular flexibility index (Phi) is 3.80. The van der Waals surface area contributed by atoms with Gasteiger partial charge in [0.15, 0.2) is 0 Å². The fourth-order valence-electron chi connectivity index (χ4n) is 1.72. The first-order chi connectivity index (χ1) is 10.1. The summed E-state index contributed by atoms with van der Waals surface area (Å²) in [4.78, 5) is 16.9. The zero-order valence-electron chi connectivity index (χ0n) is 11.4. The van der Waals surface area contributed by atoms with Gasteiger partial charge in [-0.2, -0.15) is 20.1 Å². The Hall–Kier alpha value is -2.06. The van der Waals surface area contributed by atoms with Crippen LogP contribution in [-0.2, 0) is 0 Å². The van der Waals surface area contributed by atoms with Gasteiger partial charge in [0.1, 0.15) is 5.01 Å². The van der Waals surface area contributed by atoms with Crippen LogP contribution in [0.25, 0.3) is 5.95 Å². The fourth-order valence-corrected chi connectivity index (χ4v) is 2.68. The van der Waals surface area contributed by atoms with Crippen LogP contribution in [0.2, 0.25) is 5.28 Å². The second-order valence-corrected chi connectivity index (χ2v) is 5.60. The number of nitrogens with zero attached hydrogens (tertiary/aromatic N) is 6. The van der Waals surface area contributed by atoms with E-state index in [1.807, 2.05) is 19.2 Å². The van der Waals surface area contributed by atoms with Crippen molar-refractivity contribution >= 4 is 28.9 Å². The maximum atomic E-state index is 5.94. The van der Waals surface area contributed by atoms with E-state index in [-0.39, 0.29) is 11.3 Å². The van der Waals surface area contributed by atoms with Gasteiger partial charge in [0.25, 0.3) is 5.95 Å². The highest BCUT2D eigenvalue weighted by Crippen LogP contribution is 2.21. The molecule has 1 unspecified atom stereocenters. The summed E-state index contributed by atoms with van der Waals surface area (Å²) in [7, 11) is 0. The number of rotatable bonds is 4. The van der Waals surface area contributed by atoms with E-state index >= 15 is 0 Å². The van der Waals surface area contributed by atoms with Crippen molar-refractivity contribution in [2.75, 3.05) is 5.32 Å². The lowest BCUT2D eigenvalue weighted by Crippen LogP contribution is -2.12. The molecule has 0 aromatic carbocycles. The molecule has 9 heteroatoms. The van der Waals surface area contributed by atoms with E-state index in [2.05, 4.69) is 30.4 Å². The van der Waals surface area contributed by atoms with E-state index in [1.165, 1.54) is 4.68 Å². The van der Waals surface area contributed by atoms with Crippen molar-refractivity contribution in [1.29, 1.82) is 0 Å². The molecule has 0 aliphatic heterocycles. The molecular weight excluding hydrogens is 310 g/mol. The summed E-state index contributed by atoms with van der Waals surface area (Å²) in [6.45, 7) is 3.95. The molecule has 0 spiro atoms. The minimum Gasteiger partial charge on any atom is -0.345 e. The molecule has 3 aromatic rings. The van der Waals surface area contributed by atoms with E-state index < -0.39 is 0 Å². The maximum Gasteiger partial charge on any atom is 0.256 e. The Bertz CT molecular complexity index is 740. The highest BCUT2D eigenvalue weighted by atomic mass is 35.5. The molecule has 0 saturated carbocycles. The Morgan fingerprint density at radius 2 is 2.14 bits per heavy atom. The van der Waals surface area contributed by atoms with Gasteiger partial charge in [-0.15, -0.1) is 11.3 Å². The van der Waals surface area contributed by atoms with Crippen molar-refractivity contribution in [3.63, 3.8) is 0 Å². The predicted molar refractivity (Wildman–Crippen MR) is 80.8 cm³/mol. The third-order valence-corrected chi connectivity index (χ3v) is 3.97. The van der Waals surface area contributed by atoms with E-state index in [9.17, 15) is 0 Å². The van der Waals surface area contributed by atoms with Crippen molar-refractivity contribution in [2.45, 2.75) is 19.9 Å². The summed E-state index contributed by atoms with van der Waals surface area (Å²) in [5, 5.41) is 10.3. The van der Waals surface area contributed by atoms with Gasteiger partial charge < -0.3 is 5.32 Å². The highest BCUT2D eigenvalue weighted by molar-refractivity contribution is 7.09. The smallest absolute Gasteiger partial charge is 0.256 e. The topological polar surface area (TPSA) is 81.4 Å². The first-order valence-corrected chi connectivity index (χ1v) is 7.48. The van der Waals surface area contributed by atoms with Crippen LogP contribution in [0.4, 0.5) is 5.95 Å². The van der Waals surface area contributed by atoms with Crippen LogP contribution in [0.3, 0.4) is 0 Å². The first-order valence-electron chi connectivity index (χ1n) is 6.22. The minimum absolute atomic E-state index is 0.0207. The minimum atomic E-state index is -0.0207. The van der Waals surface area contributed by atoms with Gasteiger partial charge in [-0.25, -0.2) is 9.67 Å². The Balaban J connectivity index is 1.85. The van der Waals surface area contributed by atoms with Crippen molar-refractivity contribution in [3.8, 4) is 5.95 Å². The number of nitrogens with one attached hydrogen (secondary N) is 1. The first kappa shape index (κ1) is 13.9. The van der Waals surface area contributed by atoms with E-state index in [0.717, 1.165) is 10.7 Å². The zero-order valence-corrected chi connectivity index (χ0v) is 12.9. The van der Waals surface area contributed by atoms with Crippen molar-refractivity contribution in [3.05, 3.63) is 39.8 Å². The van der Waals surface area contributed by atoms with E-state index in [0.29, 0.717) is 11.9 Å². The summed E-state index contributed by atoms with van der Waals surface area (Å²) in [5.41, 5.74) is 0.995. The number of anilines is 1. The number of hydrogen-bond donors (Lipinski definition) is 1. The molecule has 21 heavy (non-hydrogen) atoms. The van der Waals surface area contributed by atoms with Crippen molar-refractivity contribution < 1.29 is 0 Å². The Morgan fingerprint density at radius 1 is 1.29 bits per heavy atom. The SMILES string of the molecule is Cc1csc(C(C)Nc2nc(Cl)nc(-n3cccn3)n2)n1. The van der Waals surface area contributed by atoms with Crippen LogP contribution >= 0.6 is 22.9 Å². The molecule has 0 aliphatic carbocycles. The molecule has 0 saturated heterocycles. The van der Waals surface area contributed by atoms with Crippen LogP contribution in [0.5, 0.6) is 0 Å². The van der Waals surface area contributed by atoms with Gasteiger partial charge in [-0.05, 0) is 31.5 Å². The number of halogens is 1. The average Bonchev–Trinajstić information content (AvgIpc) is 3.08. The second kappa shape index (κ2) is 5.74. The van der Waals surface area contributed by atoms with Crippen LogP contribution in [0, 0.1) is 6.92 Å². The van der Waals surface area contributed by atoms with Crippen LogP contribution < -0.4 is 5.32 Å². The van der Waals surface area contributed by atoms with Crippen molar-refractivity contribution in [2.24, 2.45) is 0 Å². The lowest BCUT2D eigenvalue weighted by molar-refractivity contribution is 0.781. The summed E-state index contributed by atoms with van der Waals surface area (Å²) < 4.78 is 1.52. The molecule has 3 rings (SSSR count). The molecule has 0 aliphatic rings. The quantitative estimate of drug-likeness (QED) is 0.795. The number of aromatic nitrogens is 6. The lowest BCUT2D eigenvalue weighted by atomic mass is 10.3. The fraction of sp³-hybridized carbons (Fsp3) is 0.250. The Morgan fingerprint density at radius 3 is 2.81 bits per heavy atom. The van der Waals surface area contributed by atoms with E-state index in [4.69, 9.17) is 11.6 Å². The van der Waals surface area contributed by atoms with E-state index in [1.54, 1.807) is 29.8 Å². The Labute approximate surface area is 130 Å². The van der Waals surface area contributed by atoms with Gasteiger partial charge in [0.2, 0.25) is 11.2 Å². The molecule has 0 amide bonds. The van der Waals surface area contributed by atoms with Gasteiger partial charge in [-0.3, -0.25) is 0 Å². The summed E-state index contributed by atoms with van der Waals surface area (Å²) in [6, 6.07) is 1.76. The van der Waals surface area contributed by atoms with Gasteiger partial charge in [0, 0.05) is 23.5 Å². The third kappa shape index (κ3) is 3.17. The van der Waals surface area contributed by atoms with Gasteiger partial charge >= 0.3 is 0 Å². The monoisotopic (exact) mass is 321 g/mol. The molecule has 0 radical (unpaired) electrons. The lowest BCUT2D eigenvalue weighted by Gasteiger charge is -2.11. The van der Waals surface area contributed by atoms with Gasteiger partial charge in [0.05, 0.1) is 6.04 Å². The number of aryl methyl sites for hydroxylation is 1. The maximum absolute atomic E-state index is 5.94. The average molecular weight is 322 g/mol.